The normalized spacial score (nSPS) is 10.3. The lowest BCUT2D eigenvalue weighted by Crippen LogP contribution is -2.09. The highest BCUT2D eigenvalue weighted by molar-refractivity contribution is 6.32. The molecule has 20 heavy (non-hydrogen) atoms. The van der Waals surface area contributed by atoms with E-state index in [9.17, 15) is 8.78 Å². The van der Waals surface area contributed by atoms with Crippen molar-refractivity contribution < 1.29 is 18.3 Å². The van der Waals surface area contributed by atoms with E-state index in [1.165, 1.54) is 30.3 Å². The van der Waals surface area contributed by atoms with Crippen LogP contribution in [0.2, 0.25) is 5.02 Å². The Balaban J connectivity index is 1.84. The van der Waals surface area contributed by atoms with Crippen molar-refractivity contribution in [2.75, 3.05) is 18.9 Å². The van der Waals surface area contributed by atoms with Gasteiger partial charge >= 0.3 is 0 Å². The molecule has 3 nitrogen and oxygen atoms in total. The summed E-state index contributed by atoms with van der Waals surface area (Å²) in [6.45, 7) is 0.432. The van der Waals surface area contributed by atoms with Gasteiger partial charge in [0.25, 0.3) is 0 Å². The van der Waals surface area contributed by atoms with Crippen LogP contribution in [0.25, 0.3) is 0 Å². The van der Waals surface area contributed by atoms with Crippen molar-refractivity contribution in [1.82, 2.24) is 0 Å². The first kappa shape index (κ1) is 14.4. The molecule has 0 radical (unpaired) electrons. The summed E-state index contributed by atoms with van der Waals surface area (Å²) in [5.74, 6) is -0.111. The van der Waals surface area contributed by atoms with Crippen LogP contribution in [0.3, 0.4) is 0 Å². The van der Waals surface area contributed by atoms with Crippen LogP contribution in [-0.4, -0.2) is 13.2 Å². The van der Waals surface area contributed by atoms with Gasteiger partial charge in [-0.25, -0.2) is 8.78 Å². The molecule has 2 aromatic carbocycles. The molecule has 0 saturated carbocycles. The molecule has 0 aliphatic rings. The Kier molecular flexibility index (Phi) is 4.63. The third-order valence-electron chi connectivity index (χ3n) is 2.47. The first-order valence-corrected chi connectivity index (χ1v) is 6.20. The van der Waals surface area contributed by atoms with Crippen LogP contribution < -0.4 is 15.2 Å². The first-order valence-electron chi connectivity index (χ1n) is 5.82. The lowest BCUT2D eigenvalue weighted by molar-refractivity contribution is 0.217. The van der Waals surface area contributed by atoms with Crippen molar-refractivity contribution in [1.29, 1.82) is 0 Å². The molecule has 2 N–H and O–H groups in total. The van der Waals surface area contributed by atoms with Gasteiger partial charge in [0.1, 0.15) is 36.3 Å². The number of nitrogens with two attached hydrogens (primary N) is 1. The average molecular weight is 300 g/mol. The average Bonchev–Trinajstić information content (AvgIpc) is 2.42. The van der Waals surface area contributed by atoms with Crippen molar-refractivity contribution in [3.05, 3.63) is 53.1 Å². The summed E-state index contributed by atoms with van der Waals surface area (Å²) >= 11 is 5.81. The van der Waals surface area contributed by atoms with Gasteiger partial charge in [0.2, 0.25) is 0 Å². The van der Waals surface area contributed by atoms with Gasteiger partial charge in [0, 0.05) is 6.07 Å². The number of benzene rings is 2. The molecule has 0 bridgehead atoms. The maximum absolute atomic E-state index is 13.1. The predicted molar refractivity (Wildman–Crippen MR) is 73.2 cm³/mol. The Morgan fingerprint density at radius 3 is 2.35 bits per heavy atom. The van der Waals surface area contributed by atoms with E-state index in [0.29, 0.717) is 5.75 Å². The maximum Gasteiger partial charge on any atom is 0.147 e. The van der Waals surface area contributed by atoms with Crippen LogP contribution in [0.1, 0.15) is 0 Å². The Labute approximate surface area is 119 Å². The number of rotatable bonds is 5. The van der Waals surface area contributed by atoms with Gasteiger partial charge in [-0.15, -0.1) is 0 Å². The summed E-state index contributed by atoms with van der Waals surface area (Å²) in [6.07, 6.45) is 0. The van der Waals surface area contributed by atoms with E-state index in [0.717, 1.165) is 6.07 Å². The number of nitrogen functional groups attached to an aromatic ring is 1. The highest BCUT2D eigenvalue weighted by Crippen LogP contribution is 2.28. The molecule has 0 aliphatic carbocycles. The molecule has 2 aromatic rings. The summed E-state index contributed by atoms with van der Waals surface area (Å²) in [4.78, 5) is 0. The second kappa shape index (κ2) is 6.43. The minimum absolute atomic E-state index is 0.0381. The highest BCUT2D eigenvalue weighted by atomic mass is 35.5. The Hall–Kier alpha value is -2.01. The maximum atomic E-state index is 13.1. The zero-order valence-electron chi connectivity index (χ0n) is 10.4. The van der Waals surface area contributed by atoms with Crippen molar-refractivity contribution in [3.63, 3.8) is 0 Å². The van der Waals surface area contributed by atoms with Crippen molar-refractivity contribution >= 4 is 17.3 Å². The molecule has 0 aromatic heterocycles. The molecule has 0 aliphatic heterocycles. The SMILES string of the molecule is Nc1cc(OCCOc2ccc(F)cc2)c(Cl)cc1F. The Morgan fingerprint density at radius 1 is 1.00 bits per heavy atom. The highest BCUT2D eigenvalue weighted by Gasteiger charge is 2.07. The van der Waals surface area contributed by atoms with E-state index in [4.69, 9.17) is 26.8 Å². The fourth-order valence-electron chi connectivity index (χ4n) is 1.50. The minimum atomic E-state index is -0.593. The molecule has 106 valence electrons. The number of hydrogen-bond acceptors (Lipinski definition) is 3. The third kappa shape index (κ3) is 3.74. The molecule has 0 fully saturated rings. The van der Waals surface area contributed by atoms with Crippen LogP contribution >= 0.6 is 11.6 Å². The van der Waals surface area contributed by atoms with Crippen LogP contribution in [0, 0.1) is 11.6 Å². The predicted octanol–water partition coefficient (Wildman–Crippen LogP) is 3.66. The zero-order chi connectivity index (χ0) is 14.5. The molecule has 0 atom stereocenters. The number of ether oxygens (including phenoxy) is 2. The first-order chi connectivity index (χ1) is 9.56. The number of halogens is 3. The van der Waals surface area contributed by atoms with E-state index in [1.54, 1.807) is 0 Å². The second-order valence-electron chi connectivity index (χ2n) is 3.95. The van der Waals surface area contributed by atoms with Gasteiger partial charge in [0.15, 0.2) is 0 Å². The summed E-state index contributed by atoms with van der Waals surface area (Å²) < 4.78 is 36.4. The molecular formula is C14H12ClF2NO2. The largest absolute Gasteiger partial charge is 0.490 e. The molecule has 0 saturated heterocycles. The molecule has 0 spiro atoms. The molecule has 0 heterocycles. The molecular weight excluding hydrogens is 288 g/mol. The summed E-state index contributed by atoms with van der Waals surface area (Å²) in [5, 5.41) is 0.137. The van der Waals surface area contributed by atoms with Gasteiger partial charge in [-0.3, -0.25) is 0 Å². The summed E-state index contributed by atoms with van der Waals surface area (Å²) in [7, 11) is 0. The third-order valence-corrected chi connectivity index (χ3v) is 2.77. The van der Waals surface area contributed by atoms with Gasteiger partial charge in [-0.05, 0) is 30.3 Å². The van der Waals surface area contributed by atoms with Crippen LogP contribution in [0.15, 0.2) is 36.4 Å². The Morgan fingerprint density at radius 2 is 1.65 bits per heavy atom. The lowest BCUT2D eigenvalue weighted by atomic mass is 10.3. The smallest absolute Gasteiger partial charge is 0.147 e. The monoisotopic (exact) mass is 299 g/mol. The fraction of sp³-hybridized carbons (Fsp3) is 0.143. The Bertz CT molecular complexity index is 590. The van der Waals surface area contributed by atoms with E-state index in [2.05, 4.69) is 0 Å². The fourth-order valence-corrected chi connectivity index (χ4v) is 1.70. The van der Waals surface area contributed by atoms with E-state index in [-0.39, 0.29) is 35.5 Å². The summed E-state index contributed by atoms with van der Waals surface area (Å²) in [6, 6.07) is 8.03. The topological polar surface area (TPSA) is 44.5 Å². The standard InChI is InChI=1S/C14H12ClF2NO2/c15-11-7-12(17)13(18)8-14(11)20-6-5-19-10-3-1-9(16)2-4-10/h1-4,7-8H,5-6,18H2. The molecule has 2 rings (SSSR count). The van der Waals surface area contributed by atoms with E-state index < -0.39 is 5.82 Å². The van der Waals surface area contributed by atoms with Crippen LogP contribution in [-0.2, 0) is 0 Å². The molecule has 0 unspecified atom stereocenters. The van der Waals surface area contributed by atoms with E-state index in [1.807, 2.05) is 0 Å². The van der Waals surface area contributed by atoms with Crippen molar-refractivity contribution in [2.45, 2.75) is 0 Å². The van der Waals surface area contributed by atoms with Crippen LogP contribution in [0.4, 0.5) is 14.5 Å². The van der Waals surface area contributed by atoms with Crippen molar-refractivity contribution in [2.24, 2.45) is 0 Å². The second-order valence-corrected chi connectivity index (χ2v) is 4.36. The van der Waals surface area contributed by atoms with E-state index >= 15 is 0 Å². The van der Waals surface area contributed by atoms with Crippen molar-refractivity contribution in [3.8, 4) is 11.5 Å². The van der Waals surface area contributed by atoms with Gasteiger partial charge in [-0.2, -0.15) is 0 Å². The van der Waals surface area contributed by atoms with Crippen LogP contribution in [0.5, 0.6) is 11.5 Å². The van der Waals surface area contributed by atoms with Gasteiger partial charge < -0.3 is 15.2 Å². The molecule has 6 heteroatoms. The minimum Gasteiger partial charge on any atom is -0.490 e. The van der Waals surface area contributed by atoms with Gasteiger partial charge in [0.05, 0.1) is 10.7 Å². The lowest BCUT2D eigenvalue weighted by Gasteiger charge is -2.10. The molecule has 0 amide bonds. The summed E-state index contributed by atoms with van der Waals surface area (Å²) in [5.41, 5.74) is 5.38. The van der Waals surface area contributed by atoms with Gasteiger partial charge in [-0.1, -0.05) is 11.6 Å². The number of hydrogen-bond donors (Lipinski definition) is 1. The number of anilines is 1. The zero-order valence-corrected chi connectivity index (χ0v) is 11.2. The quantitative estimate of drug-likeness (QED) is 0.677.